The van der Waals surface area contributed by atoms with E-state index in [0.717, 1.165) is 0 Å². The first-order valence-corrected chi connectivity index (χ1v) is 19.6. The normalized spacial score (nSPS) is 17.6. The summed E-state index contributed by atoms with van der Waals surface area (Å²) in [5.74, 6) is -35.9. The van der Waals surface area contributed by atoms with E-state index in [1.807, 2.05) is 0 Å². The highest BCUT2D eigenvalue weighted by atomic mass is 33.1. The van der Waals surface area contributed by atoms with Crippen molar-refractivity contribution in [1.29, 1.82) is 0 Å². The number of rotatable bonds is 21. The van der Waals surface area contributed by atoms with Crippen LogP contribution in [0.5, 0.6) is 0 Å². The van der Waals surface area contributed by atoms with Crippen molar-refractivity contribution in [2.45, 2.75) is 114 Å². The van der Waals surface area contributed by atoms with Crippen molar-refractivity contribution in [1.82, 2.24) is 0 Å². The SMILES string of the molecule is CCC(F)(F)C(F)=C(CC(=NCCPS(=O)(=S)CCN=C(C/C(=C(\F)C(F)(F)CC)C(F)(F)F)C(F)(F)CC(C)(F)F)C(F)(F)CC(C)(F)F)C(F)(F)F. The maximum Gasteiger partial charge on any atom is 0.415 e. The predicted octanol–water partition coefficient (Wildman–Crippen LogP) is 12.0. The Bertz CT molecular complexity index is 1500. The molecule has 318 valence electrons. The summed E-state index contributed by atoms with van der Waals surface area (Å²) in [5, 5.41) is 0. The van der Waals surface area contributed by atoms with Crippen LogP contribution in [0.2, 0.25) is 0 Å². The fourth-order valence-corrected chi connectivity index (χ4v) is 7.92. The molecule has 26 heteroatoms. The van der Waals surface area contributed by atoms with Crippen LogP contribution in [0.15, 0.2) is 32.8 Å². The molecule has 0 aliphatic heterocycles. The van der Waals surface area contributed by atoms with E-state index in [0.29, 0.717) is 13.8 Å². The summed E-state index contributed by atoms with van der Waals surface area (Å²) < 4.78 is 290. The molecule has 0 spiro atoms. The van der Waals surface area contributed by atoms with Crippen molar-refractivity contribution < 1.29 is 92.0 Å². The van der Waals surface area contributed by atoms with E-state index in [2.05, 4.69) is 9.98 Å². The molecule has 0 aromatic carbocycles. The van der Waals surface area contributed by atoms with E-state index < -0.39 is 162 Å². The zero-order chi connectivity index (χ0) is 43.2. The Morgan fingerprint density at radius 3 is 1.17 bits per heavy atom. The summed E-state index contributed by atoms with van der Waals surface area (Å²) in [5.41, 5.74) is -10.1. The summed E-state index contributed by atoms with van der Waals surface area (Å²) in [6, 6.07) is 0. The monoisotopic (exact) mass is 888 g/mol. The molecule has 0 fully saturated rings. The van der Waals surface area contributed by atoms with Crippen molar-refractivity contribution in [2.75, 3.05) is 25.0 Å². The maximum absolute atomic E-state index is 14.7. The largest absolute Gasteiger partial charge is 0.415 e. The van der Waals surface area contributed by atoms with Crippen LogP contribution in [0.3, 0.4) is 0 Å². The smallest absolute Gasteiger partial charge is 0.287 e. The topological polar surface area (TPSA) is 41.8 Å². The van der Waals surface area contributed by atoms with Gasteiger partial charge in [-0.15, -0.1) is 0 Å². The van der Waals surface area contributed by atoms with Gasteiger partial charge in [-0.2, -0.15) is 61.5 Å². The van der Waals surface area contributed by atoms with Gasteiger partial charge in [0.05, 0.1) is 42.0 Å². The third kappa shape index (κ3) is 17.6. The molecule has 0 aliphatic carbocycles. The lowest BCUT2D eigenvalue weighted by atomic mass is 9.97. The van der Waals surface area contributed by atoms with Gasteiger partial charge in [-0.3, -0.25) is 14.2 Å². The third-order valence-electron chi connectivity index (χ3n) is 6.74. The Balaban J connectivity index is 6.62. The summed E-state index contributed by atoms with van der Waals surface area (Å²) in [4.78, 5) is 5.99. The molecule has 0 radical (unpaired) electrons. The lowest BCUT2D eigenvalue weighted by Crippen LogP contribution is -2.37. The highest BCUT2D eigenvalue weighted by molar-refractivity contribution is 8.64. The van der Waals surface area contributed by atoms with E-state index in [4.69, 9.17) is 11.2 Å². The summed E-state index contributed by atoms with van der Waals surface area (Å²) in [7, 11) is -5.15. The standard InChI is InChI=1S/C28H33F20N2OPS2/c1-5-23(35,36)19(29)15(27(43,44)45)11-17(25(39,40)13-21(3,31)32)49-7-9-52-54(51,53)10-8-50-18(26(41,42)14-22(4,33)34)12-16(28(46,47)48)20(30)24(37,38)6-2/h52H,5-14H2,1-4H3/b19-15?,20-16+,49-17?,50-18?. The van der Waals surface area contributed by atoms with Crippen molar-refractivity contribution in [3.05, 3.63) is 22.8 Å². The fourth-order valence-electron chi connectivity index (χ4n) is 4.04. The molecule has 0 aromatic rings. The van der Waals surface area contributed by atoms with Gasteiger partial charge in [0, 0.05) is 46.1 Å². The number of nitrogens with zero attached hydrogens (tertiary/aromatic N) is 2. The Hall–Kier alpha value is -1.78. The first-order chi connectivity index (χ1) is 23.7. The molecule has 0 aromatic heterocycles. The molecule has 0 N–H and O–H groups in total. The molecule has 0 saturated heterocycles. The molecule has 0 rings (SSSR count). The molecule has 3 nitrogen and oxygen atoms in total. The molecular weight excluding hydrogens is 855 g/mol. The van der Waals surface area contributed by atoms with Crippen molar-refractivity contribution in [3.63, 3.8) is 0 Å². The zero-order valence-corrected chi connectivity index (χ0v) is 30.9. The Kier molecular flexibility index (Phi) is 18.0. The number of hydrogen-bond acceptors (Lipinski definition) is 4. The molecule has 0 amide bonds. The number of halogens is 20. The van der Waals surface area contributed by atoms with Crippen LogP contribution in [0, 0.1) is 0 Å². The van der Waals surface area contributed by atoms with E-state index in [1.165, 1.54) is 0 Å². The van der Waals surface area contributed by atoms with E-state index in [9.17, 15) is 92.0 Å². The van der Waals surface area contributed by atoms with E-state index in [1.54, 1.807) is 0 Å². The van der Waals surface area contributed by atoms with Crippen LogP contribution < -0.4 is 0 Å². The predicted molar refractivity (Wildman–Crippen MR) is 167 cm³/mol. The van der Waals surface area contributed by atoms with Crippen LogP contribution in [-0.4, -0.2) is 88.5 Å². The summed E-state index contributed by atoms with van der Waals surface area (Å²) in [6.07, 6.45) is -26.1. The second-order valence-electron chi connectivity index (χ2n) is 11.8. The lowest BCUT2D eigenvalue weighted by molar-refractivity contribution is -0.102. The van der Waals surface area contributed by atoms with Gasteiger partial charge in [0.15, 0.2) is 11.7 Å². The molecule has 54 heavy (non-hydrogen) atoms. The molecule has 0 saturated carbocycles. The molecule has 0 heterocycles. The van der Waals surface area contributed by atoms with Crippen LogP contribution in [0.1, 0.15) is 66.2 Å². The van der Waals surface area contributed by atoms with Crippen molar-refractivity contribution in [2.24, 2.45) is 9.98 Å². The number of allylic oxidation sites excluding steroid dienone is 4. The van der Waals surface area contributed by atoms with Gasteiger partial charge in [-0.05, 0) is 39.0 Å². The van der Waals surface area contributed by atoms with Gasteiger partial charge in [-0.1, -0.05) is 13.8 Å². The second-order valence-corrected chi connectivity index (χ2v) is 19.6. The molecule has 2 unspecified atom stereocenters. The molecular formula is C28H33F20N2OPS2. The van der Waals surface area contributed by atoms with Crippen LogP contribution >= 0.6 is 7.78 Å². The average Bonchev–Trinajstić information content (AvgIpc) is 2.93. The quantitative estimate of drug-likeness (QED) is 0.0499. The zero-order valence-electron chi connectivity index (χ0n) is 28.2. The number of aliphatic imine (C=N–C) groups is 2. The van der Waals surface area contributed by atoms with Crippen molar-refractivity contribution in [3.8, 4) is 0 Å². The Morgan fingerprint density at radius 2 is 0.889 bits per heavy atom. The Morgan fingerprint density at radius 1 is 0.574 bits per heavy atom. The van der Waals surface area contributed by atoms with Gasteiger partial charge in [0.2, 0.25) is 0 Å². The first-order valence-electron chi connectivity index (χ1n) is 15.0. The maximum atomic E-state index is 14.7. The molecule has 0 aliphatic rings. The minimum absolute atomic E-state index is 0.0900. The van der Waals surface area contributed by atoms with Gasteiger partial charge in [0.1, 0.15) is 0 Å². The van der Waals surface area contributed by atoms with Gasteiger partial charge in [0.25, 0.3) is 35.5 Å². The summed E-state index contributed by atoms with van der Waals surface area (Å²) >= 11 is 4.69. The third-order valence-corrected chi connectivity index (χ3v) is 12.4. The van der Waals surface area contributed by atoms with E-state index >= 15 is 0 Å². The average molecular weight is 889 g/mol. The highest BCUT2D eigenvalue weighted by Gasteiger charge is 2.52. The van der Waals surface area contributed by atoms with Crippen LogP contribution in [0.25, 0.3) is 0 Å². The van der Waals surface area contributed by atoms with Crippen molar-refractivity contribution >= 4 is 38.5 Å². The van der Waals surface area contributed by atoms with E-state index in [-0.39, 0.29) is 13.8 Å². The minimum atomic E-state index is -6.07. The first kappa shape index (κ1) is 52.2. The molecule has 0 bridgehead atoms. The highest BCUT2D eigenvalue weighted by Crippen LogP contribution is 2.44. The fraction of sp³-hybridized carbons (Fsp3) is 0.786. The minimum Gasteiger partial charge on any atom is -0.287 e. The number of alkyl halides is 18. The van der Waals surface area contributed by atoms with Crippen LogP contribution in [-0.2, 0) is 19.3 Å². The second kappa shape index (κ2) is 18.7. The van der Waals surface area contributed by atoms with Gasteiger partial charge in [-0.25, -0.2) is 26.3 Å². The van der Waals surface area contributed by atoms with Gasteiger partial charge < -0.3 is 0 Å². The van der Waals surface area contributed by atoms with Gasteiger partial charge >= 0.3 is 12.4 Å². The summed E-state index contributed by atoms with van der Waals surface area (Å²) in [6.45, 7) is -1.62. The lowest BCUT2D eigenvalue weighted by Gasteiger charge is -2.25. The number of hydrogen-bond donors (Lipinski definition) is 0. The van der Waals surface area contributed by atoms with Crippen LogP contribution in [0.4, 0.5) is 87.8 Å². The Labute approximate surface area is 302 Å². The molecule has 2 atom stereocenters.